The van der Waals surface area contributed by atoms with Gasteiger partial charge in [0.25, 0.3) is 0 Å². The van der Waals surface area contributed by atoms with Crippen LogP contribution >= 0.6 is 0 Å². The van der Waals surface area contributed by atoms with Crippen LogP contribution in [0.1, 0.15) is 16.7 Å². The lowest BCUT2D eigenvalue weighted by Gasteiger charge is -2.16. The predicted octanol–water partition coefficient (Wildman–Crippen LogP) is 5.49. The molecular weight excluding hydrogens is 252 g/mol. The second kappa shape index (κ2) is 5.06. The minimum Gasteiger partial charge on any atom is -0.0795 e. The largest absolute Gasteiger partial charge is 0.0795 e. The lowest BCUT2D eigenvalue weighted by atomic mass is 9.89. The molecule has 0 radical (unpaired) electrons. The summed E-state index contributed by atoms with van der Waals surface area (Å²) in [5, 5.41) is 2.64. The van der Waals surface area contributed by atoms with Gasteiger partial charge < -0.3 is 0 Å². The van der Waals surface area contributed by atoms with Crippen LogP contribution < -0.4 is 0 Å². The minimum atomic E-state index is 1.02. The summed E-state index contributed by atoms with van der Waals surface area (Å²) in [6, 6.07) is 23.8. The van der Waals surface area contributed by atoms with E-state index in [-0.39, 0.29) is 0 Å². The van der Waals surface area contributed by atoms with Gasteiger partial charge in [0.2, 0.25) is 0 Å². The Morgan fingerprint density at radius 2 is 1.48 bits per heavy atom. The fraction of sp³-hybridized carbons (Fsp3) is 0.0476. The van der Waals surface area contributed by atoms with E-state index in [1.54, 1.807) is 0 Å². The number of allylic oxidation sites excluding steroid dienone is 3. The van der Waals surface area contributed by atoms with E-state index in [9.17, 15) is 0 Å². The molecule has 0 heterocycles. The van der Waals surface area contributed by atoms with Crippen LogP contribution in [0.2, 0.25) is 0 Å². The molecule has 1 aliphatic carbocycles. The standard InChI is InChI=1S/C21H16/c1-2-7-16(8-3-1)13-19-11-6-12-20-14-17-9-4-5-10-18(17)15-21(19)20/h1-11,13-15H,12H2. The van der Waals surface area contributed by atoms with E-state index < -0.39 is 0 Å². The summed E-state index contributed by atoms with van der Waals surface area (Å²) in [4.78, 5) is 0. The molecule has 0 saturated carbocycles. The van der Waals surface area contributed by atoms with Crippen molar-refractivity contribution in [2.75, 3.05) is 0 Å². The van der Waals surface area contributed by atoms with Crippen molar-refractivity contribution in [3.8, 4) is 0 Å². The maximum absolute atomic E-state index is 2.33. The Kier molecular flexibility index (Phi) is 2.93. The zero-order valence-electron chi connectivity index (χ0n) is 11.8. The van der Waals surface area contributed by atoms with E-state index >= 15 is 0 Å². The Bertz CT molecular complexity index is 852. The van der Waals surface area contributed by atoms with Crippen LogP contribution in [-0.4, -0.2) is 0 Å². The first kappa shape index (κ1) is 12.2. The molecule has 0 aromatic heterocycles. The van der Waals surface area contributed by atoms with Crippen LogP contribution in [0.15, 0.2) is 78.9 Å². The Hall–Kier alpha value is -2.60. The second-order valence-electron chi connectivity index (χ2n) is 5.47. The second-order valence-corrected chi connectivity index (χ2v) is 5.47. The number of rotatable bonds is 1. The van der Waals surface area contributed by atoms with E-state index in [2.05, 4.69) is 85.0 Å². The molecule has 0 saturated heterocycles. The molecule has 1 aliphatic rings. The van der Waals surface area contributed by atoms with Gasteiger partial charge in [-0.25, -0.2) is 0 Å². The third kappa shape index (κ3) is 2.30. The van der Waals surface area contributed by atoms with Crippen LogP contribution in [0.25, 0.3) is 22.4 Å². The Morgan fingerprint density at radius 1 is 0.762 bits per heavy atom. The molecule has 0 heteroatoms. The average molecular weight is 268 g/mol. The molecule has 0 atom stereocenters. The van der Waals surface area contributed by atoms with Crippen LogP contribution in [0.4, 0.5) is 0 Å². The summed E-state index contributed by atoms with van der Waals surface area (Å²) < 4.78 is 0. The third-order valence-electron chi connectivity index (χ3n) is 4.04. The summed E-state index contributed by atoms with van der Waals surface area (Å²) >= 11 is 0. The van der Waals surface area contributed by atoms with Gasteiger partial charge in [0, 0.05) is 0 Å². The van der Waals surface area contributed by atoms with Gasteiger partial charge in [0.05, 0.1) is 0 Å². The minimum absolute atomic E-state index is 1.02. The zero-order chi connectivity index (χ0) is 14.1. The highest BCUT2D eigenvalue weighted by Gasteiger charge is 2.11. The van der Waals surface area contributed by atoms with Crippen molar-refractivity contribution in [2.24, 2.45) is 0 Å². The first-order chi connectivity index (χ1) is 10.4. The molecule has 21 heavy (non-hydrogen) atoms. The van der Waals surface area contributed by atoms with Gasteiger partial charge in [-0.1, -0.05) is 72.8 Å². The lowest BCUT2D eigenvalue weighted by molar-refractivity contribution is 1.24. The van der Waals surface area contributed by atoms with Gasteiger partial charge in [-0.05, 0) is 51.6 Å². The number of hydrogen-bond acceptors (Lipinski definition) is 0. The van der Waals surface area contributed by atoms with E-state index in [1.165, 1.54) is 33.0 Å². The molecule has 0 amide bonds. The number of fused-ring (bicyclic) bond motifs is 2. The predicted molar refractivity (Wildman–Crippen MR) is 91.1 cm³/mol. The maximum Gasteiger partial charge on any atom is -0.00877 e. The van der Waals surface area contributed by atoms with Crippen molar-refractivity contribution in [2.45, 2.75) is 6.42 Å². The van der Waals surface area contributed by atoms with Gasteiger partial charge in [-0.2, -0.15) is 0 Å². The fourth-order valence-corrected chi connectivity index (χ4v) is 2.98. The monoisotopic (exact) mass is 268 g/mol. The molecule has 0 bridgehead atoms. The van der Waals surface area contributed by atoms with Crippen molar-refractivity contribution in [1.29, 1.82) is 0 Å². The average Bonchev–Trinajstić information content (AvgIpc) is 2.54. The number of hydrogen-bond donors (Lipinski definition) is 0. The highest BCUT2D eigenvalue weighted by Crippen LogP contribution is 2.31. The highest BCUT2D eigenvalue weighted by atomic mass is 14.1. The normalized spacial score (nSPS) is 15.3. The molecule has 4 rings (SSSR count). The summed E-state index contributed by atoms with van der Waals surface area (Å²) in [5.74, 6) is 0. The molecular formula is C21H16. The Labute approximate surface area is 125 Å². The topological polar surface area (TPSA) is 0 Å². The van der Waals surface area contributed by atoms with Gasteiger partial charge in [0.1, 0.15) is 0 Å². The van der Waals surface area contributed by atoms with Crippen LogP contribution in [-0.2, 0) is 6.42 Å². The summed E-state index contributed by atoms with van der Waals surface area (Å²) in [6.07, 6.45) is 7.78. The van der Waals surface area contributed by atoms with Crippen molar-refractivity contribution in [3.05, 3.63) is 95.6 Å². The zero-order valence-corrected chi connectivity index (χ0v) is 11.8. The maximum atomic E-state index is 2.33. The Balaban J connectivity index is 1.89. The fourth-order valence-electron chi connectivity index (χ4n) is 2.98. The molecule has 0 spiro atoms. The molecule has 3 aromatic carbocycles. The molecule has 0 unspecified atom stereocenters. The van der Waals surface area contributed by atoms with E-state index in [0.717, 1.165) is 6.42 Å². The van der Waals surface area contributed by atoms with Gasteiger partial charge in [-0.3, -0.25) is 0 Å². The van der Waals surface area contributed by atoms with E-state index in [0.29, 0.717) is 0 Å². The molecule has 0 N–H and O–H groups in total. The van der Waals surface area contributed by atoms with E-state index in [1.807, 2.05) is 0 Å². The smallest absolute Gasteiger partial charge is 0.00877 e. The van der Waals surface area contributed by atoms with Crippen molar-refractivity contribution < 1.29 is 0 Å². The molecule has 0 fully saturated rings. The number of benzene rings is 3. The van der Waals surface area contributed by atoms with Crippen LogP contribution in [0, 0.1) is 0 Å². The lowest BCUT2D eigenvalue weighted by Crippen LogP contribution is -1.97. The highest BCUT2D eigenvalue weighted by molar-refractivity contribution is 5.95. The van der Waals surface area contributed by atoms with E-state index in [4.69, 9.17) is 0 Å². The first-order valence-electron chi connectivity index (χ1n) is 7.35. The molecule has 0 nitrogen and oxygen atoms in total. The van der Waals surface area contributed by atoms with Gasteiger partial charge in [0.15, 0.2) is 0 Å². The summed E-state index contributed by atoms with van der Waals surface area (Å²) in [7, 11) is 0. The van der Waals surface area contributed by atoms with Gasteiger partial charge >= 0.3 is 0 Å². The quantitative estimate of drug-likeness (QED) is 0.547. The van der Waals surface area contributed by atoms with Gasteiger partial charge in [-0.15, -0.1) is 0 Å². The molecule has 3 aromatic rings. The summed E-state index contributed by atoms with van der Waals surface area (Å²) in [5.41, 5.74) is 5.32. The Morgan fingerprint density at radius 3 is 2.29 bits per heavy atom. The molecule has 100 valence electrons. The third-order valence-corrected chi connectivity index (χ3v) is 4.04. The van der Waals surface area contributed by atoms with Crippen molar-refractivity contribution in [3.63, 3.8) is 0 Å². The molecule has 0 aliphatic heterocycles. The first-order valence-corrected chi connectivity index (χ1v) is 7.35. The van der Waals surface area contributed by atoms with Crippen molar-refractivity contribution in [1.82, 2.24) is 0 Å². The van der Waals surface area contributed by atoms with Crippen LogP contribution in [0.5, 0.6) is 0 Å². The SMILES string of the molecule is C1=CC(=Cc2ccccc2)c2cc3ccccc3cc2C1. The van der Waals surface area contributed by atoms with Crippen molar-refractivity contribution >= 4 is 22.4 Å². The summed E-state index contributed by atoms with van der Waals surface area (Å²) in [6.45, 7) is 0. The van der Waals surface area contributed by atoms with Crippen LogP contribution in [0.3, 0.4) is 0 Å².